The highest BCUT2D eigenvalue weighted by atomic mass is 35.5. The Labute approximate surface area is 91.6 Å². The van der Waals surface area contributed by atoms with Crippen LogP contribution in [0.5, 0.6) is 0 Å². The molecule has 0 amide bonds. The molecule has 0 spiro atoms. The fourth-order valence-electron chi connectivity index (χ4n) is 0.854. The third-order valence-electron chi connectivity index (χ3n) is 1.54. The maximum absolute atomic E-state index is 13.1. The number of Topliss-reactive ketones (excluding diaryl/α,β-unsaturated/α-hetero) is 1. The molecule has 0 radical (unpaired) electrons. The van der Waals surface area contributed by atoms with Crippen molar-refractivity contribution in [2.24, 2.45) is 0 Å². The van der Waals surface area contributed by atoms with Gasteiger partial charge in [-0.25, -0.2) is 4.39 Å². The van der Waals surface area contributed by atoms with Crippen LogP contribution in [-0.2, 0) is 0 Å². The molecule has 0 N–H and O–H groups in total. The molecule has 0 heterocycles. The van der Waals surface area contributed by atoms with E-state index in [1.807, 2.05) is 0 Å². The van der Waals surface area contributed by atoms with E-state index in [1.54, 1.807) is 0 Å². The zero-order valence-corrected chi connectivity index (χ0v) is 8.34. The number of carbonyl (C=O) groups is 1. The van der Waals surface area contributed by atoms with Crippen molar-refractivity contribution in [2.75, 3.05) is 0 Å². The van der Waals surface area contributed by atoms with Crippen LogP contribution in [0, 0.1) is 5.82 Å². The van der Waals surface area contributed by atoms with Gasteiger partial charge in [0.2, 0.25) is 0 Å². The Morgan fingerprint density at radius 3 is 2.20 bits per heavy atom. The maximum Gasteiger partial charge on any atom is 0.454 e. The number of hydrogen-bond acceptors (Lipinski definition) is 1. The van der Waals surface area contributed by atoms with Gasteiger partial charge < -0.3 is 0 Å². The standard InChI is InChI=1S/C8H2Cl2F4O/c9-4-2-1-3(6(11)5(4)10)7(15)8(12,13)14/h1-2H. The molecule has 0 bridgehead atoms. The molecule has 0 fully saturated rings. The van der Waals surface area contributed by atoms with E-state index in [9.17, 15) is 22.4 Å². The summed E-state index contributed by atoms with van der Waals surface area (Å²) >= 11 is 10.6. The number of halogens is 6. The molecule has 0 aromatic heterocycles. The minimum Gasteiger partial charge on any atom is -0.284 e. The highest BCUT2D eigenvalue weighted by Crippen LogP contribution is 2.30. The van der Waals surface area contributed by atoms with Gasteiger partial charge in [0.15, 0.2) is 5.82 Å². The number of rotatable bonds is 1. The minimum atomic E-state index is -5.14. The molecule has 1 aromatic carbocycles. The van der Waals surface area contributed by atoms with Crippen molar-refractivity contribution >= 4 is 29.0 Å². The SMILES string of the molecule is O=C(c1ccc(Cl)c(Cl)c1F)C(F)(F)F. The number of ketones is 1. The Hall–Kier alpha value is -0.810. The molecular weight excluding hydrogens is 259 g/mol. The van der Waals surface area contributed by atoms with Crippen LogP contribution in [0.2, 0.25) is 10.0 Å². The summed E-state index contributed by atoms with van der Waals surface area (Å²) in [5.41, 5.74) is -1.14. The minimum absolute atomic E-state index is 0.257. The van der Waals surface area contributed by atoms with Gasteiger partial charge in [-0.05, 0) is 12.1 Å². The highest BCUT2D eigenvalue weighted by Gasteiger charge is 2.41. The van der Waals surface area contributed by atoms with Gasteiger partial charge in [0.25, 0.3) is 5.78 Å². The molecule has 15 heavy (non-hydrogen) atoms. The number of carbonyl (C=O) groups excluding carboxylic acids is 1. The average Bonchev–Trinajstić information content (AvgIpc) is 2.12. The predicted octanol–water partition coefficient (Wildman–Crippen LogP) is 3.88. The van der Waals surface area contributed by atoms with Gasteiger partial charge in [-0.2, -0.15) is 13.2 Å². The van der Waals surface area contributed by atoms with E-state index >= 15 is 0 Å². The van der Waals surface area contributed by atoms with E-state index in [1.165, 1.54) is 0 Å². The van der Waals surface area contributed by atoms with Crippen molar-refractivity contribution in [1.29, 1.82) is 0 Å². The third kappa shape index (κ3) is 2.41. The summed E-state index contributed by atoms with van der Waals surface area (Å²) < 4.78 is 49.0. The smallest absolute Gasteiger partial charge is 0.284 e. The molecule has 0 aliphatic carbocycles. The van der Waals surface area contributed by atoms with E-state index in [2.05, 4.69) is 0 Å². The zero-order chi connectivity index (χ0) is 11.8. The zero-order valence-electron chi connectivity index (χ0n) is 6.83. The lowest BCUT2D eigenvalue weighted by atomic mass is 10.1. The van der Waals surface area contributed by atoms with Crippen molar-refractivity contribution in [3.63, 3.8) is 0 Å². The van der Waals surface area contributed by atoms with Crippen LogP contribution >= 0.6 is 23.2 Å². The fourth-order valence-corrected chi connectivity index (χ4v) is 1.16. The van der Waals surface area contributed by atoms with E-state index in [4.69, 9.17) is 23.2 Å². The fraction of sp³-hybridized carbons (Fsp3) is 0.125. The topological polar surface area (TPSA) is 17.1 Å². The first-order chi connectivity index (χ1) is 6.75. The molecule has 82 valence electrons. The first-order valence-electron chi connectivity index (χ1n) is 3.50. The predicted molar refractivity (Wildman–Crippen MR) is 46.8 cm³/mol. The molecule has 0 saturated carbocycles. The summed E-state index contributed by atoms with van der Waals surface area (Å²) in [6.45, 7) is 0. The molecule has 0 atom stereocenters. The Morgan fingerprint density at radius 1 is 1.20 bits per heavy atom. The second-order valence-electron chi connectivity index (χ2n) is 2.55. The van der Waals surface area contributed by atoms with E-state index in [0.717, 1.165) is 6.07 Å². The molecule has 1 nitrogen and oxygen atoms in total. The Balaban J connectivity index is 3.29. The van der Waals surface area contributed by atoms with Crippen LogP contribution in [0.25, 0.3) is 0 Å². The first kappa shape index (κ1) is 12.3. The van der Waals surface area contributed by atoms with Gasteiger partial charge >= 0.3 is 6.18 Å². The summed E-state index contributed by atoms with van der Waals surface area (Å²) in [7, 11) is 0. The summed E-state index contributed by atoms with van der Waals surface area (Å²) in [5.74, 6) is -3.76. The van der Waals surface area contributed by atoms with Crippen LogP contribution in [0.3, 0.4) is 0 Å². The first-order valence-corrected chi connectivity index (χ1v) is 4.25. The summed E-state index contributed by atoms with van der Waals surface area (Å²) in [6.07, 6.45) is -5.14. The molecule has 0 unspecified atom stereocenters. The monoisotopic (exact) mass is 260 g/mol. The Kier molecular flexibility index (Phi) is 3.25. The van der Waals surface area contributed by atoms with Crippen LogP contribution < -0.4 is 0 Å². The van der Waals surface area contributed by atoms with E-state index in [-0.39, 0.29) is 5.02 Å². The van der Waals surface area contributed by atoms with Gasteiger partial charge in [-0.1, -0.05) is 23.2 Å². The van der Waals surface area contributed by atoms with Gasteiger partial charge in [-0.15, -0.1) is 0 Å². The van der Waals surface area contributed by atoms with Crippen LogP contribution in [0.15, 0.2) is 12.1 Å². The molecular formula is C8H2Cl2F4O. The quantitative estimate of drug-likeness (QED) is 0.426. The maximum atomic E-state index is 13.1. The Morgan fingerprint density at radius 2 is 1.73 bits per heavy atom. The van der Waals surface area contributed by atoms with Gasteiger partial charge in [-0.3, -0.25) is 4.79 Å². The largest absolute Gasteiger partial charge is 0.454 e. The summed E-state index contributed by atoms with van der Waals surface area (Å²) in [4.78, 5) is 10.7. The van der Waals surface area contributed by atoms with Gasteiger partial charge in [0.05, 0.1) is 15.6 Å². The number of alkyl halides is 3. The van der Waals surface area contributed by atoms with Crippen molar-refractivity contribution in [1.82, 2.24) is 0 Å². The summed E-state index contributed by atoms with van der Waals surface area (Å²) in [5, 5.41) is -0.959. The third-order valence-corrected chi connectivity index (χ3v) is 2.32. The second kappa shape index (κ2) is 3.98. The van der Waals surface area contributed by atoms with Crippen molar-refractivity contribution in [3.05, 3.63) is 33.6 Å². The number of hydrogen-bond donors (Lipinski definition) is 0. The summed E-state index contributed by atoms with van der Waals surface area (Å²) in [6, 6.07) is 1.56. The van der Waals surface area contributed by atoms with Crippen LogP contribution in [0.1, 0.15) is 10.4 Å². The normalized spacial score (nSPS) is 11.6. The lowest BCUT2D eigenvalue weighted by molar-refractivity contribution is -0.0887. The van der Waals surface area contributed by atoms with Crippen LogP contribution in [-0.4, -0.2) is 12.0 Å². The highest BCUT2D eigenvalue weighted by molar-refractivity contribution is 6.42. The van der Waals surface area contributed by atoms with Gasteiger partial charge in [0, 0.05) is 0 Å². The molecule has 7 heteroatoms. The second-order valence-corrected chi connectivity index (χ2v) is 3.33. The molecule has 1 rings (SSSR count). The van der Waals surface area contributed by atoms with Crippen molar-refractivity contribution in [3.8, 4) is 0 Å². The van der Waals surface area contributed by atoms with Crippen molar-refractivity contribution in [2.45, 2.75) is 6.18 Å². The lowest BCUT2D eigenvalue weighted by Gasteiger charge is -2.07. The van der Waals surface area contributed by atoms with E-state index in [0.29, 0.717) is 6.07 Å². The molecule has 0 saturated heterocycles. The average molecular weight is 261 g/mol. The number of benzene rings is 1. The molecule has 0 aliphatic rings. The molecule has 1 aromatic rings. The molecule has 0 aliphatic heterocycles. The van der Waals surface area contributed by atoms with E-state index < -0.39 is 28.4 Å². The van der Waals surface area contributed by atoms with Crippen LogP contribution in [0.4, 0.5) is 17.6 Å². The lowest BCUT2D eigenvalue weighted by Crippen LogP contribution is -2.23. The van der Waals surface area contributed by atoms with Crippen molar-refractivity contribution < 1.29 is 22.4 Å². The van der Waals surface area contributed by atoms with Gasteiger partial charge in [0.1, 0.15) is 0 Å². The Bertz CT molecular complexity index is 414.